The minimum atomic E-state index is 0.404. The number of anilines is 3. The molecule has 2 aromatic heterocycles. The van der Waals surface area contributed by atoms with Crippen LogP contribution in [-0.4, -0.2) is 26.7 Å². The number of benzene rings is 2. The average molecular weight is 395 g/mol. The molecule has 0 aliphatic heterocycles. The summed E-state index contributed by atoms with van der Waals surface area (Å²) in [6.45, 7) is 2.60. The molecule has 0 amide bonds. The summed E-state index contributed by atoms with van der Waals surface area (Å²) in [6, 6.07) is 17.4. The van der Waals surface area contributed by atoms with Gasteiger partial charge in [-0.15, -0.1) is 5.10 Å². The van der Waals surface area contributed by atoms with E-state index in [1.165, 1.54) is 5.56 Å². The van der Waals surface area contributed by atoms with Crippen molar-refractivity contribution in [2.45, 2.75) is 13.5 Å². The van der Waals surface area contributed by atoms with Gasteiger partial charge in [-0.3, -0.25) is 0 Å². The molecule has 0 spiro atoms. The van der Waals surface area contributed by atoms with E-state index in [2.05, 4.69) is 37.8 Å². The largest absolute Gasteiger partial charge is 0.495 e. The molecule has 4 rings (SSSR count). The van der Waals surface area contributed by atoms with E-state index in [0.29, 0.717) is 34.7 Å². The fourth-order valence-corrected chi connectivity index (χ4v) is 3.02. The highest BCUT2D eigenvalue weighted by Gasteiger charge is 2.12. The van der Waals surface area contributed by atoms with Crippen molar-refractivity contribution in [2.24, 2.45) is 0 Å². The van der Waals surface area contributed by atoms with Crippen molar-refractivity contribution in [3.63, 3.8) is 0 Å². The molecular weight excluding hydrogens is 376 g/mol. The van der Waals surface area contributed by atoms with E-state index >= 15 is 0 Å². The smallest absolute Gasteiger partial charge is 0.256 e. The first kappa shape index (κ1) is 18.1. The number of aryl methyl sites for hydroxylation is 1. The maximum atomic E-state index is 6.10. The SMILES string of the molecule is COc1ccc(Cl)cc1Nc1nc2nc(C)cc(NCc3ccccc3)n2n1. The Morgan fingerprint density at radius 1 is 1.07 bits per heavy atom. The summed E-state index contributed by atoms with van der Waals surface area (Å²) in [6.07, 6.45) is 0. The van der Waals surface area contributed by atoms with Gasteiger partial charge >= 0.3 is 0 Å². The molecule has 0 radical (unpaired) electrons. The lowest BCUT2D eigenvalue weighted by atomic mass is 10.2. The van der Waals surface area contributed by atoms with Crippen LogP contribution in [0.25, 0.3) is 5.78 Å². The van der Waals surface area contributed by atoms with Gasteiger partial charge in [0, 0.05) is 23.3 Å². The van der Waals surface area contributed by atoms with Crippen LogP contribution in [0.2, 0.25) is 5.02 Å². The molecule has 0 atom stereocenters. The van der Waals surface area contributed by atoms with Gasteiger partial charge in [0.15, 0.2) is 0 Å². The van der Waals surface area contributed by atoms with Crippen LogP contribution in [0.5, 0.6) is 5.75 Å². The number of methoxy groups -OCH3 is 1. The molecule has 2 aromatic carbocycles. The van der Waals surface area contributed by atoms with E-state index in [0.717, 1.165) is 11.5 Å². The van der Waals surface area contributed by atoms with E-state index < -0.39 is 0 Å². The molecule has 7 nitrogen and oxygen atoms in total. The third kappa shape index (κ3) is 3.84. The van der Waals surface area contributed by atoms with Crippen molar-refractivity contribution in [3.8, 4) is 5.75 Å². The molecule has 0 bridgehead atoms. The van der Waals surface area contributed by atoms with Crippen molar-refractivity contribution in [1.29, 1.82) is 0 Å². The Labute approximate surface area is 167 Å². The maximum absolute atomic E-state index is 6.10. The van der Waals surface area contributed by atoms with Gasteiger partial charge in [-0.2, -0.15) is 9.50 Å². The van der Waals surface area contributed by atoms with Crippen LogP contribution in [0.3, 0.4) is 0 Å². The highest BCUT2D eigenvalue weighted by molar-refractivity contribution is 6.31. The molecule has 8 heteroatoms. The van der Waals surface area contributed by atoms with Crippen LogP contribution in [0.4, 0.5) is 17.5 Å². The quantitative estimate of drug-likeness (QED) is 0.503. The van der Waals surface area contributed by atoms with Gasteiger partial charge in [-0.25, -0.2) is 4.98 Å². The van der Waals surface area contributed by atoms with E-state index in [1.54, 1.807) is 29.8 Å². The average Bonchev–Trinajstić information content (AvgIpc) is 3.09. The van der Waals surface area contributed by atoms with Gasteiger partial charge in [-0.1, -0.05) is 41.9 Å². The monoisotopic (exact) mass is 394 g/mol. The number of hydrogen-bond donors (Lipinski definition) is 2. The third-order valence-corrected chi connectivity index (χ3v) is 4.40. The molecule has 4 aromatic rings. The van der Waals surface area contributed by atoms with Crippen LogP contribution in [0.15, 0.2) is 54.6 Å². The van der Waals surface area contributed by atoms with E-state index in [9.17, 15) is 0 Å². The van der Waals surface area contributed by atoms with Crippen molar-refractivity contribution in [1.82, 2.24) is 19.6 Å². The number of rotatable bonds is 6. The van der Waals surface area contributed by atoms with Crippen LogP contribution in [0.1, 0.15) is 11.3 Å². The minimum Gasteiger partial charge on any atom is -0.495 e. The second-order valence-corrected chi connectivity index (χ2v) is 6.68. The summed E-state index contributed by atoms with van der Waals surface area (Å²) >= 11 is 6.10. The number of hydrogen-bond acceptors (Lipinski definition) is 6. The molecule has 0 aliphatic rings. The number of ether oxygens (including phenoxy) is 1. The number of nitrogens with zero attached hydrogens (tertiary/aromatic N) is 4. The highest BCUT2D eigenvalue weighted by atomic mass is 35.5. The lowest BCUT2D eigenvalue weighted by Gasteiger charge is -2.09. The second kappa shape index (κ2) is 7.74. The van der Waals surface area contributed by atoms with E-state index in [-0.39, 0.29) is 0 Å². The Balaban J connectivity index is 1.64. The standard InChI is InChI=1S/C20H19ClN6O/c1-13-10-18(22-12-14-6-4-3-5-7-14)27-20(23-13)25-19(26-27)24-16-11-15(21)8-9-17(16)28-2/h3-11,22H,12H2,1-2H3,(H,24,26). The molecule has 2 heterocycles. The number of halogens is 1. The number of fused-ring (bicyclic) bond motifs is 1. The predicted molar refractivity (Wildman–Crippen MR) is 111 cm³/mol. The zero-order valence-corrected chi connectivity index (χ0v) is 16.2. The van der Waals surface area contributed by atoms with Crippen molar-refractivity contribution in [3.05, 3.63) is 70.9 Å². The Hall–Kier alpha value is -3.32. The van der Waals surface area contributed by atoms with Gasteiger partial charge in [0.1, 0.15) is 11.6 Å². The van der Waals surface area contributed by atoms with Crippen LogP contribution < -0.4 is 15.4 Å². The molecule has 28 heavy (non-hydrogen) atoms. The van der Waals surface area contributed by atoms with Gasteiger partial charge in [0.25, 0.3) is 5.78 Å². The van der Waals surface area contributed by atoms with E-state index in [4.69, 9.17) is 16.3 Å². The Morgan fingerprint density at radius 2 is 1.89 bits per heavy atom. The second-order valence-electron chi connectivity index (χ2n) is 6.24. The molecule has 0 saturated heterocycles. The van der Waals surface area contributed by atoms with Gasteiger partial charge in [-0.05, 0) is 30.7 Å². The fourth-order valence-electron chi connectivity index (χ4n) is 2.85. The van der Waals surface area contributed by atoms with Crippen LogP contribution >= 0.6 is 11.6 Å². The van der Waals surface area contributed by atoms with Crippen LogP contribution in [0, 0.1) is 6.92 Å². The first-order valence-electron chi connectivity index (χ1n) is 8.75. The van der Waals surface area contributed by atoms with Gasteiger partial charge in [0.05, 0.1) is 12.8 Å². The predicted octanol–water partition coefficient (Wildman–Crippen LogP) is 4.45. The highest BCUT2D eigenvalue weighted by Crippen LogP contribution is 2.29. The Bertz CT molecular complexity index is 1110. The molecule has 0 unspecified atom stereocenters. The molecule has 2 N–H and O–H groups in total. The first-order chi connectivity index (χ1) is 13.6. The summed E-state index contributed by atoms with van der Waals surface area (Å²) < 4.78 is 7.04. The zero-order chi connectivity index (χ0) is 19.5. The molecule has 0 aliphatic carbocycles. The number of aromatic nitrogens is 4. The summed E-state index contributed by atoms with van der Waals surface area (Å²) in [7, 11) is 1.60. The van der Waals surface area contributed by atoms with Crippen LogP contribution in [-0.2, 0) is 6.54 Å². The lowest BCUT2D eigenvalue weighted by molar-refractivity contribution is 0.417. The molecular formula is C20H19ClN6O. The van der Waals surface area contributed by atoms with E-state index in [1.807, 2.05) is 31.2 Å². The summed E-state index contributed by atoms with van der Waals surface area (Å²) in [5.41, 5.74) is 2.70. The van der Waals surface area contributed by atoms with Gasteiger partial charge in [0.2, 0.25) is 5.95 Å². The van der Waals surface area contributed by atoms with Crippen molar-refractivity contribution in [2.75, 3.05) is 17.7 Å². The first-order valence-corrected chi connectivity index (χ1v) is 9.13. The summed E-state index contributed by atoms with van der Waals surface area (Å²) in [4.78, 5) is 8.95. The minimum absolute atomic E-state index is 0.404. The summed E-state index contributed by atoms with van der Waals surface area (Å²) in [5.74, 6) is 2.36. The van der Waals surface area contributed by atoms with Gasteiger partial charge < -0.3 is 15.4 Å². The lowest BCUT2D eigenvalue weighted by Crippen LogP contribution is -2.07. The normalized spacial score (nSPS) is 10.8. The summed E-state index contributed by atoms with van der Waals surface area (Å²) in [5, 5.41) is 11.7. The zero-order valence-electron chi connectivity index (χ0n) is 15.5. The topological polar surface area (TPSA) is 76.4 Å². The third-order valence-electron chi connectivity index (χ3n) is 4.16. The molecule has 142 valence electrons. The fraction of sp³-hybridized carbons (Fsp3) is 0.150. The maximum Gasteiger partial charge on any atom is 0.256 e. The van der Waals surface area contributed by atoms with Crippen molar-refractivity contribution >= 4 is 34.8 Å². The Kier molecular flexibility index (Phi) is 4.99. The van der Waals surface area contributed by atoms with Crippen molar-refractivity contribution < 1.29 is 4.74 Å². The number of nitrogens with one attached hydrogen (secondary N) is 2. The molecule has 0 fully saturated rings. The molecule has 0 saturated carbocycles. The Morgan fingerprint density at radius 3 is 2.68 bits per heavy atom.